The van der Waals surface area contributed by atoms with Crippen LogP contribution in [0.15, 0.2) is 41.1 Å². The number of nitrogens with one attached hydrogen (secondary N) is 1. The highest BCUT2D eigenvalue weighted by Gasteiger charge is 2.38. The van der Waals surface area contributed by atoms with Crippen molar-refractivity contribution in [1.29, 1.82) is 0 Å². The fourth-order valence-corrected chi connectivity index (χ4v) is 4.41. The van der Waals surface area contributed by atoms with Gasteiger partial charge < -0.3 is 9.88 Å². The number of para-hydroxylation sites is 2. The summed E-state index contributed by atoms with van der Waals surface area (Å²) in [6.07, 6.45) is 2.98. The molecular weight excluding hydrogens is 332 g/mol. The van der Waals surface area contributed by atoms with Crippen LogP contribution in [0.25, 0.3) is 11.0 Å². The first-order valence-electron chi connectivity index (χ1n) is 8.66. The first kappa shape index (κ1) is 18.0. The van der Waals surface area contributed by atoms with Gasteiger partial charge in [0.1, 0.15) is 0 Å². The molecule has 5 nitrogen and oxygen atoms in total. The first-order chi connectivity index (χ1) is 12.0. The number of imidazole rings is 1. The number of amides is 1. The first-order valence-corrected chi connectivity index (χ1v) is 9.54. The van der Waals surface area contributed by atoms with Crippen LogP contribution in [0.5, 0.6) is 0 Å². The third-order valence-corrected chi connectivity index (χ3v) is 5.77. The van der Waals surface area contributed by atoms with Gasteiger partial charge in [-0.3, -0.25) is 9.69 Å². The molecule has 1 saturated heterocycles. The maximum Gasteiger partial charge on any atom is 0.239 e. The molecular formula is C19H26N4OS. The lowest BCUT2D eigenvalue weighted by Crippen LogP contribution is -2.43. The summed E-state index contributed by atoms with van der Waals surface area (Å²) in [5.41, 5.74) is 3.35. The van der Waals surface area contributed by atoms with E-state index in [0.717, 1.165) is 35.7 Å². The minimum absolute atomic E-state index is 0.0493. The normalized spacial score (nSPS) is 21.8. The van der Waals surface area contributed by atoms with Gasteiger partial charge in [0.05, 0.1) is 17.1 Å². The molecule has 1 fully saturated rings. The number of carbonyl (C=O) groups is 1. The Morgan fingerprint density at radius 1 is 1.44 bits per heavy atom. The fraction of sp³-hybridized carbons (Fsp3) is 0.474. The smallest absolute Gasteiger partial charge is 0.239 e. The van der Waals surface area contributed by atoms with Crippen LogP contribution >= 0.6 is 11.8 Å². The number of allylic oxidation sites excluding steroid dienone is 1. The molecule has 25 heavy (non-hydrogen) atoms. The van der Waals surface area contributed by atoms with Crippen molar-refractivity contribution >= 4 is 28.7 Å². The molecule has 0 saturated carbocycles. The van der Waals surface area contributed by atoms with Crippen LogP contribution in [0.4, 0.5) is 0 Å². The molecule has 2 aromatic rings. The number of likely N-dealkylation sites (tertiary alicyclic amines) is 1. The summed E-state index contributed by atoms with van der Waals surface area (Å²) in [4.78, 5) is 24.7. The third kappa shape index (κ3) is 4.07. The van der Waals surface area contributed by atoms with Gasteiger partial charge in [0.2, 0.25) is 5.91 Å². The highest BCUT2D eigenvalue weighted by Crippen LogP contribution is 2.33. The van der Waals surface area contributed by atoms with E-state index in [1.54, 1.807) is 16.7 Å². The topological polar surface area (TPSA) is 52.2 Å². The van der Waals surface area contributed by atoms with Crippen LogP contribution in [-0.2, 0) is 4.79 Å². The molecule has 134 valence electrons. The van der Waals surface area contributed by atoms with E-state index in [0.29, 0.717) is 5.25 Å². The second kappa shape index (κ2) is 7.62. The predicted octanol–water partition coefficient (Wildman–Crippen LogP) is 3.15. The number of fused-ring (bicyclic) bond motifs is 1. The molecule has 3 rings (SSSR count). The van der Waals surface area contributed by atoms with Gasteiger partial charge in [0, 0.05) is 32.4 Å². The van der Waals surface area contributed by atoms with Crippen LogP contribution in [0.3, 0.4) is 0 Å². The fourth-order valence-electron chi connectivity index (χ4n) is 3.23. The number of benzene rings is 1. The molecule has 0 bridgehead atoms. The number of hydrogen-bond acceptors (Lipinski definition) is 4. The Morgan fingerprint density at radius 2 is 2.20 bits per heavy atom. The molecule has 6 heteroatoms. The zero-order valence-electron chi connectivity index (χ0n) is 15.3. The van der Waals surface area contributed by atoms with Gasteiger partial charge in [-0.15, -0.1) is 0 Å². The monoisotopic (exact) mass is 358 g/mol. The average molecular weight is 359 g/mol. The van der Waals surface area contributed by atoms with Gasteiger partial charge in [-0.1, -0.05) is 35.5 Å². The minimum Gasteiger partial charge on any atom is -0.347 e. The number of likely N-dealkylation sites (N-methyl/N-ethyl adjacent to an activating group) is 1. The van der Waals surface area contributed by atoms with Crippen LogP contribution in [0.1, 0.15) is 20.3 Å². The Labute approximate surface area is 153 Å². The summed E-state index contributed by atoms with van der Waals surface area (Å²) in [5, 5.41) is 1.30. The molecule has 1 aromatic carbocycles. The van der Waals surface area contributed by atoms with E-state index in [4.69, 9.17) is 0 Å². The van der Waals surface area contributed by atoms with Crippen molar-refractivity contribution in [3.8, 4) is 0 Å². The predicted molar refractivity (Wildman–Crippen MR) is 104 cm³/mol. The minimum atomic E-state index is -0.0493. The lowest BCUT2D eigenvalue weighted by atomic mass is 10.2. The molecule has 1 amide bonds. The number of carbonyl (C=O) groups excluding carboxylic acids is 1. The van der Waals surface area contributed by atoms with E-state index in [-0.39, 0.29) is 11.9 Å². The van der Waals surface area contributed by atoms with Crippen molar-refractivity contribution in [2.45, 2.75) is 36.7 Å². The van der Waals surface area contributed by atoms with Crippen LogP contribution < -0.4 is 0 Å². The number of rotatable bonds is 5. The van der Waals surface area contributed by atoms with Crippen LogP contribution in [-0.4, -0.2) is 64.2 Å². The number of aromatic amines is 1. The second-order valence-electron chi connectivity index (χ2n) is 6.85. The summed E-state index contributed by atoms with van der Waals surface area (Å²) >= 11 is 1.75. The van der Waals surface area contributed by atoms with Crippen molar-refractivity contribution in [1.82, 2.24) is 19.8 Å². The number of H-pyrrole nitrogens is 1. The Bertz CT molecular complexity index is 750. The average Bonchev–Trinajstić information content (AvgIpc) is 3.17. The van der Waals surface area contributed by atoms with Gasteiger partial charge in [-0.05, 0) is 32.4 Å². The quantitative estimate of drug-likeness (QED) is 0.834. The van der Waals surface area contributed by atoms with Crippen molar-refractivity contribution in [3.05, 3.63) is 35.9 Å². The molecule has 2 atom stereocenters. The number of nitrogens with zero attached hydrogens (tertiary/aromatic N) is 3. The Balaban J connectivity index is 1.74. The van der Waals surface area contributed by atoms with E-state index < -0.39 is 0 Å². The van der Waals surface area contributed by atoms with Gasteiger partial charge >= 0.3 is 0 Å². The maximum absolute atomic E-state index is 12.6. The summed E-state index contributed by atoms with van der Waals surface area (Å²) < 4.78 is 0. The van der Waals surface area contributed by atoms with E-state index >= 15 is 0 Å². The molecule has 1 aliphatic heterocycles. The van der Waals surface area contributed by atoms with Crippen LogP contribution in [0.2, 0.25) is 0 Å². The number of hydrogen-bond donors (Lipinski definition) is 1. The standard InChI is InChI=1S/C19H26N4OS/c1-5-13(2)11-23-12-14(10-17(23)18(24)22(3)4)25-19-20-15-8-6-7-9-16(15)21-19/h5-9,14,17H,10-12H2,1-4H3,(H,20,21)/t14-,17+/m1/s1. The molecule has 0 spiro atoms. The molecule has 1 N–H and O–H groups in total. The summed E-state index contributed by atoms with van der Waals surface area (Å²) in [5.74, 6) is 0.191. The van der Waals surface area contributed by atoms with E-state index in [1.807, 2.05) is 38.4 Å². The SMILES string of the molecule is CC=C(C)CN1C[C@H](Sc2nc3ccccc3[nH]2)C[C@H]1C(=O)N(C)C. The number of aromatic nitrogens is 2. The Morgan fingerprint density at radius 3 is 2.88 bits per heavy atom. The molecule has 2 heterocycles. The number of thioether (sulfide) groups is 1. The zero-order valence-corrected chi connectivity index (χ0v) is 16.1. The van der Waals surface area contributed by atoms with Gasteiger partial charge in [-0.25, -0.2) is 4.98 Å². The third-order valence-electron chi connectivity index (χ3n) is 4.68. The van der Waals surface area contributed by atoms with Crippen molar-refractivity contribution in [3.63, 3.8) is 0 Å². The lowest BCUT2D eigenvalue weighted by Gasteiger charge is -2.26. The van der Waals surface area contributed by atoms with Crippen molar-refractivity contribution < 1.29 is 4.79 Å². The summed E-state index contributed by atoms with van der Waals surface area (Å²) in [7, 11) is 3.67. The maximum atomic E-state index is 12.6. The van der Waals surface area contributed by atoms with E-state index in [1.165, 1.54) is 5.57 Å². The molecule has 1 aliphatic rings. The largest absolute Gasteiger partial charge is 0.347 e. The second-order valence-corrected chi connectivity index (χ2v) is 8.14. The summed E-state index contributed by atoms with van der Waals surface area (Å²) in [6.45, 7) is 5.92. The van der Waals surface area contributed by atoms with E-state index in [2.05, 4.69) is 34.8 Å². The molecule has 0 unspecified atom stereocenters. The van der Waals surface area contributed by atoms with Gasteiger partial charge in [-0.2, -0.15) is 0 Å². The van der Waals surface area contributed by atoms with E-state index in [9.17, 15) is 4.79 Å². The Kier molecular flexibility index (Phi) is 5.49. The highest BCUT2D eigenvalue weighted by atomic mass is 32.2. The van der Waals surface area contributed by atoms with Crippen molar-refractivity contribution in [2.24, 2.45) is 0 Å². The molecule has 0 aliphatic carbocycles. The zero-order chi connectivity index (χ0) is 18.0. The lowest BCUT2D eigenvalue weighted by molar-refractivity contribution is -0.133. The van der Waals surface area contributed by atoms with Gasteiger partial charge in [0.25, 0.3) is 0 Å². The molecule has 0 radical (unpaired) electrons. The van der Waals surface area contributed by atoms with Crippen molar-refractivity contribution in [2.75, 3.05) is 27.2 Å². The van der Waals surface area contributed by atoms with Crippen LogP contribution in [0, 0.1) is 0 Å². The molecule has 1 aromatic heterocycles. The van der Waals surface area contributed by atoms with Gasteiger partial charge in [0.15, 0.2) is 5.16 Å². The Hall–Kier alpha value is -1.79. The highest BCUT2D eigenvalue weighted by molar-refractivity contribution is 7.99. The summed E-state index contributed by atoms with van der Waals surface area (Å²) in [6, 6.07) is 8.02.